The summed E-state index contributed by atoms with van der Waals surface area (Å²) in [7, 11) is 1.97. The van der Waals surface area contributed by atoms with Crippen LogP contribution in [0.1, 0.15) is 5.82 Å². The van der Waals surface area contributed by atoms with Crippen molar-refractivity contribution < 1.29 is 9.84 Å². The first kappa shape index (κ1) is 13.6. The molecule has 0 aliphatic heterocycles. The molecule has 0 saturated heterocycles. The lowest BCUT2D eigenvalue weighted by molar-refractivity contribution is 0.105. The van der Waals surface area contributed by atoms with Gasteiger partial charge in [-0.1, -0.05) is 30.3 Å². The van der Waals surface area contributed by atoms with Crippen LogP contribution in [0.15, 0.2) is 54.6 Å². The lowest BCUT2D eigenvalue weighted by Gasteiger charge is -2.12. The number of ether oxygens (including phenoxy) is 1. The zero-order valence-electron chi connectivity index (χ0n) is 11.9. The van der Waals surface area contributed by atoms with E-state index in [2.05, 4.69) is 4.98 Å². The van der Waals surface area contributed by atoms with E-state index in [0.717, 1.165) is 22.6 Å². The Morgan fingerprint density at radius 3 is 2.57 bits per heavy atom. The average Bonchev–Trinajstić information content (AvgIpc) is 2.83. The van der Waals surface area contributed by atoms with Crippen molar-refractivity contribution in [1.29, 1.82) is 0 Å². The number of fused-ring (bicyclic) bond motifs is 1. The van der Waals surface area contributed by atoms with Gasteiger partial charge < -0.3 is 14.4 Å². The van der Waals surface area contributed by atoms with Crippen LogP contribution in [0, 0.1) is 0 Å². The maximum absolute atomic E-state index is 10.1. The number of imidazole rings is 1. The van der Waals surface area contributed by atoms with Crippen LogP contribution in [0.5, 0.6) is 5.75 Å². The molecule has 0 aliphatic carbocycles. The third-order valence-electron chi connectivity index (χ3n) is 3.48. The number of hydrogen-bond donors (Lipinski definition) is 1. The highest BCUT2D eigenvalue weighted by atomic mass is 16.5. The van der Waals surface area contributed by atoms with E-state index in [0.29, 0.717) is 6.42 Å². The minimum atomic E-state index is -0.583. The van der Waals surface area contributed by atoms with Crippen molar-refractivity contribution in [3.05, 3.63) is 60.4 Å². The first-order valence-corrected chi connectivity index (χ1v) is 7.00. The fourth-order valence-electron chi connectivity index (χ4n) is 2.36. The highest BCUT2D eigenvalue weighted by Gasteiger charge is 2.13. The van der Waals surface area contributed by atoms with Crippen molar-refractivity contribution in [2.75, 3.05) is 6.61 Å². The van der Waals surface area contributed by atoms with Crippen LogP contribution in [-0.4, -0.2) is 27.4 Å². The molecule has 1 N–H and O–H groups in total. The Labute approximate surface area is 123 Å². The third kappa shape index (κ3) is 3.06. The standard InChI is InChI=1S/C17H18N2O2/c1-19-16-10-6-5-9-15(16)18-17(19)11-13(20)12-21-14-7-3-2-4-8-14/h2-10,13,20H,11-12H2,1H3. The molecule has 4 heteroatoms. The normalized spacial score (nSPS) is 12.5. The van der Waals surface area contributed by atoms with Crippen molar-refractivity contribution in [2.45, 2.75) is 12.5 Å². The highest BCUT2D eigenvalue weighted by Crippen LogP contribution is 2.16. The monoisotopic (exact) mass is 282 g/mol. The summed E-state index contributed by atoms with van der Waals surface area (Å²) >= 11 is 0. The third-order valence-corrected chi connectivity index (χ3v) is 3.48. The zero-order valence-corrected chi connectivity index (χ0v) is 11.9. The summed E-state index contributed by atoms with van der Waals surface area (Å²) in [5, 5.41) is 10.1. The van der Waals surface area contributed by atoms with Gasteiger partial charge in [-0.15, -0.1) is 0 Å². The molecular formula is C17H18N2O2. The largest absolute Gasteiger partial charge is 0.491 e. The van der Waals surface area contributed by atoms with E-state index in [-0.39, 0.29) is 6.61 Å². The van der Waals surface area contributed by atoms with Gasteiger partial charge in [0.15, 0.2) is 0 Å². The van der Waals surface area contributed by atoms with Crippen LogP contribution in [0.25, 0.3) is 11.0 Å². The summed E-state index contributed by atoms with van der Waals surface area (Å²) in [4.78, 5) is 4.55. The maximum atomic E-state index is 10.1. The van der Waals surface area contributed by atoms with E-state index in [4.69, 9.17) is 4.74 Å². The van der Waals surface area contributed by atoms with Gasteiger partial charge in [-0.3, -0.25) is 0 Å². The fraction of sp³-hybridized carbons (Fsp3) is 0.235. The lowest BCUT2D eigenvalue weighted by Crippen LogP contribution is -2.21. The number of aryl methyl sites for hydroxylation is 1. The second kappa shape index (κ2) is 5.97. The van der Waals surface area contributed by atoms with Crippen molar-refractivity contribution in [1.82, 2.24) is 9.55 Å². The number of benzene rings is 2. The van der Waals surface area contributed by atoms with E-state index in [9.17, 15) is 5.11 Å². The molecule has 3 rings (SSSR count). The molecule has 0 saturated carbocycles. The second-order valence-electron chi connectivity index (χ2n) is 5.06. The second-order valence-corrected chi connectivity index (χ2v) is 5.06. The smallest absolute Gasteiger partial charge is 0.119 e. The predicted octanol–water partition coefficient (Wildman–Crippen LogP) is 2.56. The predicted molar refractivity (Wildman–Crippen MR) is 82.4 cm³/mol. The number of hydrogen-bond acceptors (Lipinski definition) is 3. The Balaban J connectivity index is 1.66. The Kier molecular flexibility index (Phi) is 3.88. The quantitative estimate of drug-likeness (QED) is 0.782. The molecular weight excluding hydrogens is 264 g/mol. The molecule has 1 unspecified atom stereocenters. The minimum Gasteiger partial charge on any atom is -0.491 e. The van der Waals surface area contributed by atoms with Crippen LogP contribution < -0.4 is 4.74 Å². The molecule has 0 spiro atoms. The zero-order chi connectivity index (χ0) is 14.7. The van der Waals surface area contributed by atoms with Gasteiger partial charge >= 0.3 is 0 Å². The van der Waals surface area contributed by atoms with Gasteiger partial charge in [0.2, 0.25) is 0 Å². The van der Waals surface area contributed by atoms with Gasteiger partial charge in [-0.2, -0.15) is 0 Å². The Bertz CT molecular complexity index is 722. The van der Waals surface area contributed by atoms with Crippen LogP contribution in [-0.2, 0) is 13.5 Å². The summed E-state index contributed by atoms with van der Waals surface area (Å²) in [5.41, 5.74) is 2.02. The molecule has 1 heterocycles. The first-order chi connectivity index (χ1) is 10.2. The Morgan fingerprint density at radius 1 is 1.10 bits per heavy atom. The summed E-state index contributed by atoms with van der Waals surface area (Å²) in [6, 6.07) is 17.5. The van der Waals surface area contributed by atoms with Crippen LogP contribution in [0.4, 0.5) is 0 Å². The molecule has 1 atom stereocenters. The SMILES string of the molecule is Cn1c(CC(O)COc2ccccc2)nc2ccccc21. The van der Waals surface area contributed by atoms with Gasteiger partial charge in [-0.05, 0) is 24.3 Å². The van der Waals surface area contributed by atoms with Gasteiger partial charge in [-0.25, -0.2) is 4.98 Å². The molecule has 4 nitrogen and oxygen atoms in total. The molecule has 108 valence electrons. The molecule has 21 heavy (non-hydrogen) atoms. The van der Waals surface area contributed by atoms with Crippen molar-refractivity contribution >= 4 is 11.0 Å². The molecule has 2 aromatic carbocycles. The molecule has 0 aliphatic rings. The number of nitrogens with zero attached hydrogens (tertiary/aromatic N) is 2. The van der Waals surface area contributed by atoms with E-state index < -0.39 is 6.10 Å². The minimum absolute atomic E-state index is 0.257. The Hall–Kier alpha value is -2.33. The van der Waals surface area contributed by atoms with Gasteiger partial charge in [0, 0.05) is 13.5 Å². The number of aliphatic hydroxyl groups excluding tert-OH is 1. The van der Waals surface area contributed by atoms with Gasteiger partial charge in [0.25, 0.3) is 0 Å². The van der Waals surface area contributed by atoms with Crippen LogP contribution >= 0.6 is 0 Å². The van der Waals surface area contributed by atoms with E-state index in [1.54, 1.807) is 0 Å². The van der Waals surface area contributed by atoms with E-state index in [1.807, 2.05) is 66.2 Å². The van der Waals surface area contributed by atoms with Crippen LogP contribution in [0.3, 0.4) is 0 Å². The molecule has 3 aromatic rings. The van der Waals surface area contributed by atoms with Crippen molar-refractivity contribution in [3.8, 4) is 5.75 Å². The van der Waals surface area contributed by atoms with Crippen molar-refractivity contribution in [2.24, 2.45) is 7.05 Å². The molecule has 0 radical (unpaired) electrons. The van der Waals surface area contributed by atoms with E-state index >= 15 is 0 Å². The number of para-hydroxylation sites is 3. The van der Waals surface area contributed by atoms with Gasteiger partial charge in [0.1, 0.15) is 18.2 Å². The molecule has 0 fully saturated rings. The molecule has 1 aromatic heterocycles. The topological polar surface area (TPSA) is 47.3 Å². The molecule has 0 amide bonds. The van der Waals surface area contributed by atoms with Crippen molar-refractivity contribution in [3.63, 3.8) is 0 Å². The van der Waals surface area contributed by atoms with Gasteiger partial charge in [0.05, 0.1) is 17.1 Å². The van der Waals surface area contributed by atoms with Crippen LogP contribution in [0.2, 0.25) is 0 Å². The molecule has 0 bridgehead atoms. The summed E-state index contributed by atoms with van der Waals surface area (Å²) < 4.78 is 7.58. The highest BCUT2D eigenvalue weighted by molar-refractivity contribution is 5.75. The Morgan fingerprint density at radius 2 is 1.81 bits per heavy atom. The summed E-state index contributed by atoms with van der Waals surface area (Å²) in [5.74, 6) is 1.63. The maximum Gasteiger partial charge on any atom is 0.119 e. The number of rotatable bonds is 5. The average molecular weight is 282 g/mol. The lowest BCUT2D eigenvalue weighted by atomic mass is 10.2. The first-order valence-electron chi connectivity index (χ1n) is 7.00. The number of aliphatic hydroxyl groups is 1. The van der Waals surface area contributed by atoms with E-state index in [1.165, 1.54) is 0 Å². The number of aromatic nitrogens is 2. The fourth-order valence-corrected chi connectivity index (χ4v) is 2.36. The summed E-state index contributed by atoms with van der Waals surface area (Å²) in [6.07, 6.45) is -0.112. The summed E-state index contributed by atoms with van der Waals surface area (Å²) in [6.45, 7) is 0.257.